The summed E-state index contributed by atoms with van der Waals surface area (Å²) in [6.45, 7) is 4.13. The van der Waals surface area contributed by atoms with Crippen LogP contribution < -0.4 is 5.73 Å². The first-order valence-corrected chi connectivity index (χ1v) is 5.79. The van der Waals surface area contributed by atoms with Gasteiger partial charge in [-0.15, -0.1) is 0 Å². The first-order chi connectivity index (χ1) is 8.06. The smallest absolute Gasteiger partial charge is 0.170 e. The normalized spacial score (nSPS) is 11.7. The molecule has 0 bridgehead atoms. The zero-order valence-corrected chi connectivity index (χ0v) is 10.2. The average molecular weight is 227 g/mol. The Labute approximate surface area is 101 Å². The van der Waals surface area contributed by atoms with E-state index in [2.05, 4.69) is 0 Å². The van der Waals surface area contributed by atoms with Gasteiger partial charge in [0.15, 0.2) is 5.78 Å². The van der Waals surface area contributed by atoms with Crippen molar-refractivity contribution in [3.05, 3.63) is 48.0 Å². The molecule has 17 heavy (non-hydrogen) atoms. The Morgan fingerprint density at radius 3 is 2.47 bits per heavy atom. The van der Waals surface area contributed by atoms with E-state index >= 15 is 0 Å². The SMILES string of the molecule is CC(C)(CN)C(=O)c1cccc2ccccc12. The highest BCUT2D eigenvalue weighted by atomic mass is 16.1. The summed E-state index contributed by atoms with van der Waals surface area (Å²) in [5.41, 5.74) is 5.92. The molecule has 0 saturated carbocycles. The third-order valence-electron chi connectivity index (χ3n) is 3.16. The van der Waals surface area contributed by atoms with Crippen molar-refractivity contribution in [1.82, 2.24) is 0 Å². The van der Waals surface area contributed by atoms with E-state index in [0.29, 0.717) is 6.54 Å². The van der Waals surface area contributed by atoms with E-state index in [9.17, 15) is 4.79 Å². The third kappa shape index (κ3) is 2.08. The van der Waals surface area contributed by atoms with Crippen LogP contribution in [0.1, 0.15) is 24.2 Å². The minimum absolute atomic E-state index is 0.108. The molecule has 0 amide bonds. The van der Waals surface area contributed by atoms with Crippen LogP contribution in [0.2, 0.25) is 0 Å². The lowest BCUT2D eigenvalue weighted by atomic mass is 9.83. The second-order valence-electron chi connectivity index (χ2n) is 4.94. The van der Waals surface area contributed by atoms with Crippen LogP contribution in [-0.2, 0) is 0 Å². The summed E-state index contributed by atoms with van der Waals surface area (Å²) < 4.78 is 0. The number of carbonyl (C=O) groups is 1. The average Bonchev–Trinajstić information content (AvgIpc) is 2.37. The van der Waals surface area contributed by atoms with Gasteiger partial charge < -0.3 is 5.73 Å². The molecule has 2 N–H and O–H groups in total. The molecule has 0 saturated heterocycles. The van der Waals surface area contributed by atoms with Gasteiger partial charge in [-0.25, -0.2) is 0 Å². The van der Waals surface area contributed by atoms with Gasteiger partial charge in [0, 0.05) is 17.5 Å². The van der Waals surface area contributed by atoms with E-state index in [1.807, 2.05) is 56.3 Å². The van der Waals surface area contributed by atoms with Gasteiger partial charge in [-0.05, 0) is 10.8 Å². The van der Waals surface area contributed by atoms with E-state index in [1.165, 1.54) is 0 Å². The zero-order chi connectivity index (χ0) is 12.5. The molecule has 0 unspecified atom stereocenters. The van der Waals surface area contributed by atoms with Gasteiger partial charge in [-0.3, -0.25) is 4.79 Å². The predicted molar refractivity (Wildman–Crippen MR) is 71.1 cm³/mol. The molecule has 0 aliphatic rings. The summed E-state index contributed by atoms with van der Waals surface area (Å²) in [4.78, 5) is 12.4. The Balaban J connectivity index is 2.60. The summed E-state index contributed by atoms with van der Waals surface area (Å²) >= 11 is 0. The van der Waals surface area contributed by atoms with Crippen LogP contribution in [0.4, 0.5) is 0 Å². The summed E-state index contributed by atoms with van der Waals surface area (Å²) in [5.74, 6) is 0.108. The lowest BCUT2D eigenvalue weighted by molar-refractivity contribution is 0.0849. The molecule has 0 aliphatic carbocycles. The Morgan fingerprint density at radius 1 is 1.12 bits per heavy atom. The lowest BCUT2D eigenvalue weighted by Gasteiger charge is -2.21. The van der Waals surface area contributed by atoms with Crippen LogP contribution in [0.25, 0.3) is 10.8 Å². The fourth-order valence-corrected chi connectivity index (χ4v) is 1.88. The first kappa shape index (κ1) is 11.8. The summed E-state index contributed by atoms with van der Waals surface area (Å²) in [5, 5.41) is 2.09. The highest BCUT2D eigenvalue weighted by molar-refractivity contribution is 6.10. The minimum Gasteiger partial charge on any atom is -0.329 e. The van der Waals surface area contributed by atoms with Gasteiger partial charge in [0.1, 0.15) is 0 Å². The largest absolute Gasteiger partial charge is 0.329 e. The molecule has 2 nitrogen and oxygen atoms in total. The van der Waals surface area contributed by atoms with Crippen molar-refractivity contribution >= 4 is 16.6 Å². The Kier molecular flexibility index (Phi) is 2.99. The van der Waals surface area contributed by atoms with Gasteiger partial charge in [0.25, 0.3) is 0 Å². The van der Waals surface area contributed by atoms with Gasteiger partial charge in [0.2, 0.25) is 0 Å². The van der Waals surface area contributed by atoms with Crippen LogP contribution in [0.5, 0.6) is 0 Å². The molecule has 2 aromatic rings. The molecule has 0 spiro atoms. The van der Waals surface area contributed by atoms with Crippen LogP contribution in [0.15, 0.2) is 42.5 Å². The molecule has 0 heterocycles. The van der Waals surface area contributed by atoms with Crippen molar-refractivity contribution in [3.63, 3.8) is 0 Å². The molecule has 2 heteroatoms. The molecule has 0 atom stereocenters. The van der Waals surface area contributed by atoms with Gasteiger partial charge >= 0.3 is 0 Å². The number of hydrogen-bond acceptors (Lipinski definition) is 2. The van der Waals surface area contributed by atoms with Crippen molar-refractivity contribution in [2.45, 2.75) is 13.8 Å². The van der Waals surface area contributed by atoms with Crippen molar-refractivity contribution in [2.75, 3.05) is 6.54 Å². The van der Waals surface area contributed by atoms with Crippen molar-refractivity contribution in [1.29, 1.82) is 0 Å². The zero-order valence-electron chi connectivity index (χ0n) is 10.2. The minimum atomic E-state index is -0.510. The molecular weight excluding hydrogens is 210 g/mol. The number of benzene rings is 2. The number of carbonyl (C=O) groups excluding carboxylic acids is 1. The lowest BCUT2D eigenvalue weighted by Crippen LogP contribution is -2.32. The molecule has 88 valence electrons. The second-order valence-corrected chi connectivity index (χ2v) is 4.94. The van der Waals surface area contributed by atoms with Crippen LogP contribution >= 0.6 is 0 Å². The molecule has 2 aromatic carbocycles. The maximum atomic E-state index is 12.4. The standard InChI is InChI=1S/C15H17NO/c1-15(2,10-16)14(17)13-9-5-7-11-6-3-4-8-12(11)13/h3-9H,10,16H2,1-2H3. The van der Waals surface area contributed by atoms with Gasteiger partial charge in [-0.2, -0.15) is 0 Å². The van der Waals surface area contributed by atoms with Crippen molar-refractivity contribution in [2.24, 2.45) is 11.1 Å². The monoisotopic (exact) mass is 227 g/mol. The predicted octanol–water partition coefficient (Wildman–Crippen LogP) is 3.01. The fraction of sp³-hybridized carbons (Fsp3) is 0.267. The van der Waals surface area contributed by atoms with E-state index in [-0.39, 0.29) is 5.78 Å². The number of ketones is 1. The fourth-order valence-electron chi connectivity index (χ4n) is 1.88. The highest BCUT2D eigenvalue weighted by Gasteiger charge is 2.27. The van der Waals surface area contributed by atoms with E-state index in [4.69, 9.17) is 5.73 Å². The van der Waals surface area contributed by atoms with E-state index in [1.54, 1.807) is 0 Å². The van der Waals surface area contributed by atoms with Crippen molar-refractivity contribution in [3.8, 4) is 0 Å². The number of rotatable bonds is 3. The van der Waals surface area contributed by atoms with Crippen molar-refractivity contribution < 1.29 is 4.79 Å². The summed E-state index contributed by atoms with van der Waals surface area (Å²) in [7, 11) is 0. The number of fused-ring (bicyclic) bond motifs is 1. The number of Topliss-reactive ketones (excluding diaryl/α,β-unsaturated/α-hetero) is 1. The molecular formula is C15H17NO. The van der Waals surface area contributed by atoms with E-state index in [0.717, 1.165) is 16.3 Å². The van der Waals surface area contributed by atoms with Crippen LogP contribution in [-0.4, -0.2) is 12.3 Å². The Morgan fingerprint density at radius 2 is 1.76 bits per heavy atom. The topological polar surface area (TPSA) is 43.1 Å². The Hall–Kier alpha value is -1.67. The third-order valence-corrected chi connectivity index (χ3v) is 3.16. The highest BCUT2D eigenvalue weighted by Crippen LogP contribution is 2.26. The quantitative estimate of drug-likeness (QED) is 0.819. The molecule has 0 fully saturated rings. The van der Waals surface area contributed by atoms with Crippen LogP contribution in [0, 0.1) is 5.41 Å². The van der Waals surface area contributed by atoms with Gasteiger partial charge in [0.05, 0.1) is 0 Å². The number of nitrogens with two attached hydrogens (primary N) is 1. The number of hydrogen-bond donors (Lipinski definition) is 1. The molecule has 2 rings (SSSR count). The molecule has 0 aromatic heterocycles. The molecule has 0 aliphatic heterocycles. The second kappa shape index (κ2) is 4.30. The molecule has 0 radical (unpaired) electrons. The summed E-state index contributed by atoms with van der Waals surface area (Å²) in [6, 6.07) is 13.7. The van der Waals surface area contributed by atoms with Gasteiger partial charge in [-0.1, -0.05) is 56.3 Å². The summed E-state index contributed by atoms with van der Waals surface area (Å²) in [6.07, 6.45) is 0. The maximum absolute atomic E-state index is 12.4. The Bertz CT molecular complexity index is 552. The first-order valence-electron chi connectivity index (χ1n) is 5.79. The van der Waals surface area contributed by atoms with Crippen LogP contribution in [0.3, 0.4) is 0 Å². The maximum Gasteiger partial charge on any atom is 0.170 e. The van der Waals surface area contributed by atoms with E-state index < -0.39 is 5.41 Å².